The quantitative estimate of drug-likeness (QED) is 0.713. The van der Waals surface area contributed by atoms with Crippen LogP contribution in [0.5, 0.6) is 0 Å². The van der Waals surface area contributed by atoms with Crippen LogP contribution in [-0.4, -0.2) is 30.3 Å². The summed E-state index contributed by atoms with van der Waals surface area (Å²) in [5.41, 5.74) is -0.0705. The Kier molecular flexibility index (Phi) is 5.83. The van der Waals surface area contributed by atoms with Gasteiger partial charge in [-0.25, -0.2) is 0 Å². The fourth-order valence-electron chi connectivity index (χ4n) is 2.61. The molecule has 1 atom stereocenters. The molecule has 0 aromatic carbocycles. The van der Waals surface area contributed by atoms with Crippen molar-refractivity contribution in [3.8, 4) is 0 Å². The van der Waals surface area contributed by atoms with Gasteiger partial charge in [0.1, 0.15) is 5.78 Å². The number of hydrogen-bond acceptors (Lipinski definition) is 2. The predicted molar refractivity (Wildman–Crippen MR) is 84.4 cm³/mol. The Balaban J connectivity index is 4.99. The minimum absolute atomic E-state index is 0.0354. The lowest BCUT2D eigenvalue weighted by molar-refractivity contribution is -0.129. The van der Waals surface area contributed by atoms with Crippen LogP contribution in [0, 0.1) is 16.7 Å². The van der Waals surface area contributed by atoms with E-state index in [1.165, 1.54) is 0 Å². The standard InChI is InChI=1S/C17H35NO/c1-13(2)17(8,18(9)10)12-16(6,7)11-14(19)15(3,4)5/h13H,11-12H2,1-10H3. The van der Waals surface area contributed by atoms with Crippen LogP contribution in [0.15, 0.2) is 0 Å². The molecule has 114 valence electrons. The fraction of sp³-hybridized carbons (Fsp3) is 0.941. The van der Waals surface area contributed by atoms with E-state index in [0.29, 0.717) is 18.1 Å². The fourth-order valence-corrected chi connectivity index (χ4v) is 2.61. The van der Waals surface area contributed by atoms with E-state index in [0.717, 1.165) is 6.42 Å². The van der Waals surface area contributed by atoms with Crippen LogP contribution in [0.4, 0.5) is 0 Å². The van der Waals surface area contributed by atoms with Gasteiger partial charge in [0.05, 0.1) is 0 Å². The molecule has 0 aromatic rings. The Morgan fingerprint density at radius 1 is 1.00 bits per heavy atom. The third-order valence-corrected chi connectivity index (χ3v) is 4.58. The van der Waals surface area contributed by atoms with E-state index < -0.39 is 0 Å². The second-order valence-electron chi connectivity index (χ2n) is 8.60. The Bertz CT molecular complexity index is 300. The van der Waals surface area contributed by atoms with Crippen LogP contribution in [0.3, 0.4) is 0 Å². The normalized spacial score (nSPS) is 16.8. The molecular formula is C17H35NO. The highest BCUT2D eigenvalue weighted by molar-refractivity contribution is 5.84. The second-order valence-corrected chi connectivity index (χ2v) is 8.60. The van der Waals surface area contributed by atoms with Gasteiger partial charge in [-0.15, -0.1) is 0 Å². The summed E-state index contributed by atoms with van der Waals surface area (Å²) in [6.45, 7) is 17.3. The summed E-state index contributed by atoms with van der Waals surface area (Å²) in [5, 5.41) is 0. The third kappa shape index (κ3) is 5.25. The maximum Gasteiger partial charge on any atom is 0.138 e. The predicted octanol–water partition coefficient (Wildman–Crippen LogP) is 4.38. The molecule has 0 aliphatic rings. The largest absolute Gasteiger partial charge is 0.304 e. The minimum Gasteiger partial charge on any atom is -0.304 e. The highest BCUT2D eigenvalue weighted by Gasteiger charge is 2.39. The highest BCUT2D eigenvalue weighted by atomic mass is 16.1. The van der Waals surface area contributed by atoms with E-state index in [1.54, 1.807) is 0 Å². The van der Waals surface area contributed by atoms with Gasteiger partial charge >= 0.3 is 0 Å². The summed E-state index contributed by atoms with van der Waals surface area (Å²) < 4.78 is 0. The van der Waals surface area contributed by atoms with Gasteiger partial charge in [0.2, 0.25) is 0 Å². The maximum absolute atomic E-state index is 12.3. The third-order valence-electron chi connectivity index (χ3n) is 4.58. The Labute approximate surface area is 120 Å². The number of carbonyl (C=O) groups is 1. The molecule has 0 saturated carbocycles. The summed E-state index contributed by atoms with van der Waals surface area (Å²) in [5.74, 6) is 0.925. The van der Waals surface area contributed by atoms with E-state index in [9.17, 15) is 4.79 Å². The van der Waals surface area contributed by atoms with Crippen molar-refractivity contribution in [2.75, 3.05) is 14.1 Å². The van der Waals surface area contributed by atoms with Gasteiger partial charge in [0.25, 0.3) is 0 Å². The number of nitrogens with zero attached hydrogens (tertiary/aromatic N) is 1. The highest BCUT2D eigenvalue weighted by Crippen LogP contribution is 2.39. The average molecular weight is 269 g/mol. The first-order valence-electron chi connectivity index (χ1n) is 7.43. The van der Waals surface area contributed by atoms with Gasteiger partial charge in [-0.2, -0.15) is 0 Å². The molecule has 2 nitrogen and oxygen atoms in total. The molecule has 0 radical (unpaired) electrons. The molecule has 0 fully saturated rings. The van der Waals surface area contributed by atoms with Crippen molar-refractivity contribution in [3.63, 3.8) is 0 Å². The lowest BCUT2D eigenvalue weighted by Crippen LogP contribution is -2.49. The Morgan fingerprint density at radius 3 is 1.68 bits per heavy atom. The van der Waals surface area contributed by atoms with Gasteiger partial charge in [0, 0.05) is 17.4 Å². The molecule has 0 aromatic heterocycles. The number of ketones is 1. The van der Waals surface area contributed by atoms with Crippen molar-refractivity contribution in [2.24, 2.45) is 16.7 Å². The molecule has 2 heteroatoms. The van der Waals surface area contributed by atoms with Crippen molar-refractivity contribution in [2.45, 2.75) is 73.8 Å². The van der Waals surface area contributed by atoms with Crippen molar-refractivity contribution in [1.82, 2.24) is 4.90 Å². The molecule has 19 heavy (non-hydrogen) atoms. The van der Waals surface area contributed by atoms with Crippen molar-refractivity contribution < 1.29 is 4.79 Å². The van der Waals surface area contributed by atoms with Gasteiger partial charge in [-0.3, -0.25) is 4.79 Å². The van der Waals surface area contributed by atoms with Crippen molar-refractivity contribution in [3.05, 3.63) is 0 Å². The average Bonchev–Trinajstić information content (AvgIpc) is 2.13. The molecule has 0 saturated heterocycles. The molecule has 0 N–H and O–H groups in total. The lowest BCUT2D eigenvalue weighted by Gasteiger charge is -2.45. The van der Waals surface area contributed by atoms with Crippen LogP contribution in [-0.2, 0) is 4.79 Å². The van der Waals surface area contributed by atoms with Gasteiger partial charge in [0.15, 0.2) is 0 Å². The zero-order valence-electron chi connectivity index (χ0n) is 14.8. The number of hydrogen-bond donors (Lipinski definition) is 0. The monoisotopic (exact) mass is 269 g/mol. The number of rotatable bonds is 6. The molecule has 0 spiro atoms. The smallest absolute Gasteiger partial charge is 0.138 e. The molecule has 0 rings (SSSR count). The molecule has 0 amide bonds. The second kappa shape index (κ2) is 5.95. The van der Waals surface area contributed by atoms with E-state index in [4.69, 9.17) is 0 Å². The van der Waals surface area contributed by atoms with Crippen LogP contribution in [0.25, 0.3) is 0 Å². The zero-order valence-corrected chi connectivity index (χ0v) is 14.8. The van der Waals surface area contributed by atoms with E-state index in [2.05, 4.69) is 53.6 Å². The van der Waals surface area contributed by atoms with Gasteiger partial charge in [-0.1, -0.05) is 48.5 Å². The first-order chi connectivity index (χ1) is 8.22. The molecule has 0 bridgehead atoms. The Morgan fingerprint density at radius 2 is 1.42 bits per heavy atom. The lowest BCUT2D eigenvalue weighted by atomic mass is 9.69. The summed E-state index contributed by atoms with van der Waals surface area (Å²) in [6, 6.07) is 0. The van der Waals surface area contributed by atoms with E-state index in [-0.39, 0.29) is 16.4 Å². The van der Waals surface area contributed by atoms with Crippen molar-refractivity contribution >= 4 is 5.78 Å². The number of Topliss-reactive ketones (excluding diaryl/α,β-unsaturated/α-hetero) is 1. The molecule has 0 heterocycles. The molecule has 1 unspecified atom stereocenters. The summed E-state index contributed by atoms with van der Waals surface area (Å²) in [4.78, 5) is 14.6. The van der Waals surface area contributed by atoms with Crippen molar-refractivity contribution in [1.29, 1.82) is 0 Å². The van der Waals surface area contributed by atoms with Crippen LogP contribution < -0.4 is 0 Å². The molecular weight excluding hydrogens is 234 g/mol. The molecule has 0 aliphatic carbocycles. The summed E-state index contributed by atoms with van der Waals surface area (Å²) >= 11 is 0. The maximum atomic E-state index is 12.3. The van der Waals surface area contributed by atoms with Crippen LogP contribution in [0.1, 0.15) is 68.2 Å². The van der Waals surface area contributed by atoms with Gasteiger partial charge < -0.3 is 4.90 Å². The van der Waals surface area contributed by atoms with Crippen LogP contribution >= 0.6 is 0 Å². The SMILES string of the molecule is CC(C)C(C)(CC(C)(C)CC(=O)C(C)(C)C)N(C)C. The zero-order chi connectivity index (χ0) is 15.6. The van der Waals surface area contributed by atoms with E-state index in [1.807, 2.05) is 20.8 Å². The van der Waals surface area contributed by atoms with Crippen LogP contribution in [0.2, 0.25) is 0 Å². The van der Waals surface area contributed by atoms with Gasteiger partial charge in [-0.05, 0) is 38.8 Å². The first kappa shape index (κ1) is 18.6. The number of carbonyl (C=O) groups excluding carboxylic acids is 1. The Hall–Kier alpha value is -0.370. The summed E-state index contributed by atoms with van der Waals surface area (Å²) in [7, 11) is 4.28. The molecule has 0 aliphatic heterocycles. The first-order valence-corrected chi connectivity index (χ1v) is 7.43. The minimum atomic E-state index is -0.233. The van der Waals surface area contributed by atoms with E-state index >= 15 is 0 Å². The topological polar surface area (TPSA) is 20.3 Å². The summed E-state index contributed by atoms with van der Waals surface area (Å²) in [6.07, 6.45) is 1.69.